The van der Waals surface area contributed by atoms with E-state index in [1.54, 1.807) is 0 Å². The molecule has 0 unspecified atom stereocenters. The summed E-state index contributed by atoms with van der Waals surface area (Å²) in [6.07, 6.45) is 0.908. The fraction of sp³-hybridized carbons (Fsp3) is 0.375. The van der Waals surface area contributed by atoms with Crippen molar-refractivity contribution < 1.29 is 9.90 Å². The number of carboxylic acids is 1. The van der Waals surface area contributed by atoms with E-state index in [2.05, 4.69) is 28.1 Å². The van der Waals surface area contributed by atoms with Crippen molar-refractivity contribution in [3.05, 3.63) is 41.6 Å². The summed E-state index contributed by atoms with van der Waals surface area (Å²) in [6.45, 7) is 3.60. The number of aromatic nitrogens is 1. The van der Waals surface area contributed by atoms with Gasteiger partial charge in [0.25, 0.3) is 0 Å². The van der Waals surface area contributed by atoms with E-state index in [9.17, 15) is 4.79 Å². The molecule has 2 aromatic rings. The summed E-state index contributed by atoms with van der Waals surface area (Å²) in [5.74, 6) is -0.731. The lowest BCUT2D eigenvalue weighted by molar-refractivity contribution is -0.137. The second kappa shape index (κ2) is 6.48. The summed E-state index contributed by atoms with van der Waals surface area (Å²) in [5, 5.41) is 9.78. The molecule has 1 aromatic heterocycles. The molecular weight excluding hydrogens is 252 g/mol. The Balaban J connectivity index is 1.99. The van der Waals surface area contributed by atoms with Crippen molar-refractivity contribution in [2.45, 2.75) is 26.3 Å². The van der Waals surface area contributed by atoms with Gasteiger partial charge in [-0.05, 0) is 50.7 Å². The van der Waals surface area contributed by atoms with Crippen LogP contribution >= 0.6 is 0 Å². The van der Waals surface area contributed by atoms with Gasteiger partial charge in [0.05, 0.1) is 5.52 Å². The third-order valence-corrected chi connectivity index (χ3v) is 3.28. The standard InChI is InChI=1S/C16H20N2O2/c1-12-5-7-14-10-13(6-8-15(14)17-12)11-18(2)9-3-4-16(19)20/h5-8,10H,3-4,9,11H2,1-2H3,(H,19,20). The highest BCUT2D eigenvalue weighted by Crippen LogP contribution is 2.16. The molecule has 0 aliphatic rings. The van der Waals surface area contributed by atoms with E-state index in [-0.39, 0.29) is 6.42 Å². The highest BCUT2D eigenvalue weighted by molar-refractivity contribution is 5.79. The number of aliphatic carboxylic acids is 1. The zero-order valence-corrected chi connectivity index (χ0v) is 12.0. The molecule has 0 aliphatic heterocycles. The number of hydrogen-bond donors (Lipinski definition) is 1. The van der Waals surface area contributed by atoms with Gasteiger partial charge in [-0.15, -0.1) is 0 Å². The maximum absolute atomic E-state index is 10.5. The second-order valence-corrected chi connectivity index (χ2v) is 5.21. The summed E-state index contributed by atoms with van der Waals surface area (Å²) in [5.41, 5.74) is 3.26. The average molecular weight is 272 g/mol. The van der Waals surface area contributed by atoms with Gasteiger partial charge in [0, 0.05) is 24.0 Å². The molecule has 0 saturated heterocycles. The smallest absolute Gasteiger partial charge is 0.303 e. The fourth-order valence-electron chi connectivity index (χ4n) is 2.27. The number of rotatable bonds is 6. The summed E-state index contributed by atoms with van der Waals surface area (Å²) in [7, 11) is 2.01. The van der Waals surface area contributed by atoms with E-state index in [0.29, 0.717) is 6.42 Å². The second-order valence-electron chi connectivity index (χ2n) is 5.21. The van der Waals surface area contributed by atoms with E-state index < -0.39 is 5.97 Å². The van der Waals surface area contributed by atoms with Gasteiger partial charge in [0.2, 0.25) is 0 Å². The van der Waals surface area contributed by atoms with Crippen LogP contribution in [0.1, 0.15) is 24.1 Å². The Bertz CT molecular complexity index is 610. The van der Waals surface area contributed by atoms with Gasteiger partial charge in [-0.1, -0.05) is 12.1 Å². The van der Waals surface area contributed by atoms with Crippen molar-refractivity contribution in [1.29, 1.82) is 0 Å². The van der Waals surface area contributed by atoms with Crippen molar-refractivity contribution in [1.82, 2.24) is 9.88 Å². The number of fused-ring (bicyclic) bond motifs is 1. The molecule has 1 N–H and O–H groups in total. The van der Waals surface area contributed by atoms with Gasteiger partial charge >= 0.3 is 5.97 Å². The molecule has 4 heteroatoms. The summed E-state index contributed by atoms with van der Waals surface area (Å²) in [6, 6.07) is 10.4. The molecule has 0 radical (unpaired) electrons. The van der Waals surface area contributed by atoms with Crippen LogP contribution in [-0.2, 0) is 11.3 Å². The predicted molar refractivity (Wildman–Crippen MR) is 79.7 cm³/mol. The Hall–Kier alpha value is -1.94. The molecule has 1 heterocycles. The van der Waals surface area contributed by atoms with Crippen LogP contribution in [0, 0.1) is 6.92 Å². The van der Waals surface area contributed by atoms with E-state index in [4.69, 9.17) is 5.11 Å². The Morgan fingerprint density at radius 2 is 2.10 bits per heavy atom. The lowest BCUT2D eigenvalue weighted by Crippen LogP contribution is -2.19. The Morgan fingerprint density at radius 3 is 2.85 bits per heavy atom. The number of pyridine rings is 1. The van der Waals surface area contributed by atoms with Crippen LogP contribution in [0.4, 0.5) is 0 Å². The van der Waals surface area contributed by atoms with Gasteiger partial charge in [-0.3, -0.25) is 9.78 Å². The van der Waals surface area contributed by atoms with Crippen LogP contribution < -0.4 is 0 Å². The number of benzene rings is 1. The molecule has 0 fully saturated rings. The predicted octanol–water partition coefficient (Wildman–Crippen LogP) is 2.84. The molecule has 0 amide bonds. The topological polar surface area (TPSA) is 53.4 Å². The van der Waals surface area contributed by atoms with Crippen molar-refractivity contribution in [2.24, 2.45) is 0 Å². The first kappa shape index (κ1) is 14.5. The lowest BCUT2D eigenvalue weighted by atomic mass is 10.1. The quantitative estimate of drug-likeness (QED) is 0.878. The van der Waals surface area contributed by atoms with Gasteiger partial charge < -0.3 is 10.0 Å². The lowest BCUT2D eigenvalue weighted by Gasteiger charge is -2.16. The van der Waals surface area contributed by atoms with Crippen LogP contribution in [0.2, 0.25) is 0 Å². The molecule has 0 atom stereocenters. The van der Waals surface area contributed by atoms with E-state index in [1.807, 2.05) is 26.1 Å². The largest absolute Gasteiger partial charge is 0.481 e. The van der Waals surface area contributed by atoms with Crippen LogP contribution in [0.25, 0.3) is 10.9 Å². The first-order valence-corrected chi connectivity index (χ1v) is 6.81. The number of hydrogen-bond acceptors (Lipinski definition) is 3. The van der Waals surface area contributed by atoms with Crippen molar-refractivity contribution in [3.8, 4) is 0 Å². The SMILES string of the molecule is Cc1ccc2cc(CN(C)CCCC(=O)O)ccc2n1. The molecule has 106 valence electrons. The minimum Gasteiger partial charge on any atom is -0.481 e. The van der Waals surface area contributed by atoms with Crippen LogP contribution in [0.3, 0.4) is 0 Å². The first-order valence-electron chi connectivity index (χ1n) is 6.81. The zero-order chi connectivity index (χ0) is 14.5. The minimum atomic E-state index is -0.731. The van der Waals surface area contributed by atoms with Crippen molar-refractivity contribution in [2.75, 3.05) is 13.6 Å². The van der Waals surface area contributed by atoms with Crippen molar-refractivity contribution >= 4 is 16.9 Å². The highest BCUT2D eigenvalue weighted by Gasteiger charge is 2.04. The molecule has 4 nitrogen and oxygen atoms in total. The fourth-order valence-corrected chi connectivity index (χ4v) is 2.27. The number of carboxylic acid groups (broad SMARTS) is 1. The number of nitrogens with zero attached hydrogens (tertiary/aromatic N) is 2. The molecule has 0 saturated carbocycles. The maximum atomic E-state index is 10.5. The minimum absolute atomic E-state index is 0.227. The third kappa shape index (κ3) is 4.03. The summed E-state index contributed by atoms with van der Waals surface area (Å²) < 4.78 is 0. The Kier molecular flexibility index (Phi) is 4.69. The Labute approximate surface area is 119 Å². The van der Waals surface area contributed by atoms with Gasteiger partial charge in [0.15, 0.2) is 0 Å². The normalized spacial score (nSPS) is 11.2. The van der Waals surface area contributed by atoms with Crippen LogP contribution in [0.15, 0.2) is 30.3 Å². The molecule has 0 bridgehead atoms. The molecular formula is C16H20N2O2. The van der Waals surface area contributed by atoms with Gasteiger partial charge in [-0.25, -0.2) is 0 Å². The monoisotopic (exact) mass is 272 g/mol. The average Bonchev–Trinajstić information content (AvgIpc) is 2.38. The molecule has 2 rings (SSSR count). The number of carbonyl (C=O) groups is 1. The van der Waals surface area contributed by atoms with E-state index in [1.165, 1.54) is 5.56 Å². The summed E-state index contributed by atoms with van der Waals surface area (Å²) >= 11 is 0. The molecule has 20 heavy (non-hydrogen) atoms. The molecule has 0 aliphatic carbocycles. The zero-order valence-electron chi connectivity index (χ0n) is 12.0. The Morgan fingerprint density at radius 1 is 1.30 bits per heavy atom. The first-order chi connectivity index (χ1) is 9.54. The summed E-state index contributed by atoms with van der Waals surface area (Å²) in [4.78, 5) is 17.1. The number of aryl methyl sites for hydroxylation is 1. The maximum Gasteiger partial charge on any atom is 0.303 e. The molecule has 1 aromatic carbocycles. The van der Waals surface area contributed by atoms with Crippen LogP contribution in [0.5, 0.6) is 0 Å². The van der Waals surface area contributed by atoms with Crippen LogP contribution in [-0.4, -0.2) is 34.6 Å². The van der Waals surface area contributed by atoms with E-state index in [0.717, 1.165) is 29.7 Å². The highest BCUT2D eigenvalue weighted by atomic mass is 16.4. The van der Waals surface area contributed by atoms with Gasteiger partial charge in [0.1, 0.15) is 0 Å². The van der Waals surface area contributed by atoms with Gasteiger partial charge in [-0.2, -0.15) is 0 Å². The van der Waals surface area contributed by atoms with E-state index >= 15 is 0 Å². The third-order valence-electron chi connectivity index (χ3n) is 3.28. The van der Waals surface area contributed by atoms with Crippen molar-refractivity contribution in [3.63, 3.8) is 0 Å². The molecule has 0 spiro atoms.